The SMILES string of the molecule is CC(C)(CC1=C=C=C(F)C=C1)NC(=O)c1csc(C2CCN(C(=O)c3ccccc3-c3ccc(C(F)(F)F)cc3)CC2)n1. The van der Waals surface area contributed by atoms with Crippen molar-refractivity contribution in [1.29, 1.82) is 0 Å². The van der Waals surface area contributed by atoms with Crippen molar-refractivity contribution in [2.45, 2.75) is 50.7 Å². The normalized spacial score (nSPS) is 15.7. The molecule has 1 aliphatic carbocycles. The molecule has 1 saturated heterocycles. The lowest BCUT2D eigenvalue weighted by molar-refractivity contribution is -0.137. The first-order chi connectivity index (χ1) is 20.4. The molecule has 2 aromatic carbocycles. The van der Waals surface area contributed by atoms with Gasteiger partial charge < -0.3 is 10.2 Å². The summed E-state index contributed by atoms with van der Waals surface area (Å²) in [5.74, 6) is -0.866. The number of carbonyl (C=O) groups is 2. The number of nitrogens with zero attached hydrogens (tertiary/aromatic N) is 2. The molecular weight excluding hydrogens is 578 g/mol. The number of aromatic nitrogens is 1. The topological polar surface area (TPSA) is 62.3 Å². The third-order valence-corrected chi connectivity index (χ3v) is 8.43. The predicted octanol–water partition coefficient (Wildman–Crippen LogP) is 7.85. The molecule has 0 bridgehead atoms. The molecule has 0 atom stereocenters. The van der Waals surface area contributed by atoms with Crippen LogP contribution in [0.1, 0.15) is 70.4 Å². The summed E-state index contributed by atoms with van der Waals surface area (Å²) in [5.41, 5.74) is 6.43. The number of hydrogen-bond donors (Lipinski definition) is 1. The zero-order chi connectivity index (χ0) is 30.8. The summed E-state index contributed by atoms with van der Waals surface area (Å²) in [6, 6.07) is 11.8. The zero-order valence-corrected chi connectivity index (χ0v) is 24.4. The van der Waals surface area contributed by atoms with Crippen molar-refractivity contribution >= 4 is 23.2 Å². The molecular formula is C33H29F4N3O2S. The van der Waals surface area contributed by atoms with Crippen LogP contribution in [0.15, 0.2) is 88.9 Å². The standard InChI is InChI=1S/C33H29F4N3O2S/c1-32(2,19-21-7-13-25(34)14-8-21)39-29(41)28-20-43-30(38-28)23-15-17-40(18-16-23)31(42)27-6-4-3-5-26(27)22-9-11-24(12-10-22)33(35,36)37/h3-7,9-13,20,23H,15-19H2,1-2H3,(H,39,41). The van der Waals surface area contributed by atoms with Gasteiger partial charge in [0.25, 0.3) is 11.8 Å². The van der Waals surface area contributed by atoms with Crippen molar-refractivity contribution in [3.05, 3.63) is 111 Å². The molecule has 0 unspecified atom stereocenters. The van der Waals surface area contributed by atoms with Gasteiger partial charge in [0.2, 0.25) is 0 Å². The Morgan fingerprint density at radius 1 is 1.02 bits per heavy atom. The highest BCUT2D eigenvalue weighted by Crippen LogP contribution is 2.34. The van der Waals surface area contributed by atoms with Crippen molar-refractivity contribution < 1.29 is 27.2 Å². The number of thiazole rings is 1. The molecule has 43 heavy (non-hydrogen) atoms. The van der Waals surface area contributed by atoms with Gasteiger partial charge in [-0.3, -0.25) is 9.59 Å². The Kier molecular flexibility index (Phi) is 8.56. The molecule has 3 aromatic rings. The molecule has 2 heterocycles. The van der Waals surface area contributed by atoms with E-state index in [1.54, 1.807) is 40.6 Å². The summed E-state index contributed by atoms with van der Waals surface area (Å²) >= 11 is 1.42. The van der Waals surface area contributed by atoms with Crippen molar-refractivity contribution in [2.24, 2.45) is 0 Å². The second-order valence-corrected chi connectivity index (χ2v) is 12.1. The maximum absolute atomic E-state index is 13.5. The highest BCUT2D eigenvalue weighted by Gasteiger charge is 2.31. The van der Waals surface area contributed by atoms with Crippen molar-refractivity contribution in [3.63, 3.8) is 0 Å². The molecule has 5 nitrogen and oxygen atoms in total. The second-order valence-electron chi connectivity index (χ2n) is 11.2. The van der Waals surface area contributed by atoms with Gasteiger partial charge in [-0.25, -0.2) is 4.98 Å². The minimum atomic E-state index is -4.43. The van der Waals surface area contributed by atoms with Crippen LogP contribution in [0, 0.1) is 0 Å². The number of benzene rings is 2. The van der Waals surface area contributed by atoms with Gasteiger partial charge in [-0.05, 0) is 73.9 Å². The largest absolute Gasteiger partial charge is 0.416 e. The zero-order valence-electron chi connectivity index (χ0n) is 23.6. The van der Waals surface area contributed by atoms with Gasteiger partial charge in [0, 0.05) is 47.5 Å². The molecule has 0 spiro atoms. The first-order valence-corrected chi connectivity index (χ1v) is 14.7. The number of likely N-dealkylation sites (tertiary alicyclic amines) is 1. The van der Waals surface area contributed by atoms with Gasteiger partial charge in [0.1, 0.15) is 5.69 Å². The van der Waals surface area contributed by atoms with E-state index < -0.39 is 23.1 Å². The van der Waals surface area contributed by atoms with Gasteiger partial charge in [-0.1, -0.05) is 36.1 Å². The van der Waals surface area contributed by atoms with Crippen LogP contribution >= 0.6 is 11.3 Å². The van der Waals surface area contributed by atoms with Crippen LogP contribution in [-0.2, 0) is 6.18 Å². The van der Waals surface area contributed by atoms with Gasteiger partial charge in [0.15, 0.2) is 5.83 Å². The van der Waals surface area contributed by atoms with Crippen molar-refractivity contribution in [2.75, 3.05) is 13.1 Å². The molecule has 5 rings (SSSR count). The molecule has 1 fully saturated rings. The van der Waals surface area contributed by atoms with Gasteiger partial charge in [-0.15, -0.1) is 11.3 Å². The minimum absolute atomic E-state index is 0.0955. The Hall–Kier alpha value is -4.23. The summed E-state index contributed by atoms with van der Waals surface area (Å²) in [5, 5.41) is 5.56. The summed E-state index contributed by atoms with van der Waals surface area (Å²) in [6.07, 6.45) is 0.287. The Morgan fingerprint density at radius 2 is 1.72 bits per heavy atom. The number of amides is 2. The van der Waals surface area contributed by atoms with Gasteiger partial charge in [-0.2, -0.15) is 17.6 Å². The average Bonchev–Trinajstić information content (AvgIpc) is 3.48. The van der Waals surface area contributed by atoms with Crippen LogP contribution in [0.2, 0.25) is 0 Å². The first-order valence-electron chi connectivity index (χ1n) is 13.8. The Labute approximate surface area is 250 Å². The van der Waals surface area contributed by atoms with Crippen molar-refractivity contribution in [1.82, 2.24) is 15.2 Å². The monoisotopic (exact) mass is 607 g/mol. The van der Waals surface area contributed by atoms with Crippen LogP contribution in [0.3, 0.4) is 0 Å². The molecule has 2 aliphatic rings. The molecule has 1 aromatic heterocycles. The number of hydrogen-bond acceptors (Lipinski definition) is 4. The highest BCUT2D eigenvalue weighted by molar-refractivity contribution is 7.09. The molecule has 1 N–H and O–H groups in total. The maximum atomic E-state index is 13.5. The fraction of sp³-hybridized carbons (Fsp3) is 0.303. The van der Waals surface area contributed by atoms with E-state index in [0.29, 0.717) is 54.7 Å². The Balaban J connectivity index is 1.20. The summed E-state index contributed by atoms with van der Waals surface area (Å²) < 4.78 is 52.2. The minimum Gasteiger partial charge on any atom is -0.345 e. The number of piperidine rings is 1. The number of carbonyl (C=O) groups excluding carboxylic acids is 2. The lowest BCUT2D eigenvalue weighted by Crippen LogP contribution is -2.43. The van der Waals surface area contributed by atoms with E-state index in [-0.39, 0.29) is 17.7 Å². The number of allylic oxidation sites excluding steroid dienone is 3. The van der Waals surface area contributed by atoms with E-state index in [0.717, 1.165) is 22.7 Å². The summed E-state index contributed by atoms with van der Waals surface area (Å²) in [7, 11) is 0. The summed E-state index contributed by atoms with van der Waals surface area (Å²) in [6.45, 7) is 4.73. The van der Waals surface area contributed by atoms with Crippen LogP contribution in [0.5, 0.6) is 0 Å². The van der Waals surface area contributed by atoms with Crippen LogP contribution < -0.4 is 5.32 Å². The smallest absolute Gasteiger partial charge is 0.345 e. The number of rotatable bonds is 7. The Bertz CT molecular complexity index is 1670. The molecule has 1 aliphatic heterocycles. The lowest BCUT2D eigenvalue weighted by atomic mass is 9.94. The molecule has 2 amide bonds. The fourth-order valence-electron chi connectivity index (χ4n) is 5.23. The molecule has 0 saturated carbocycles. The van der Waals surface area contributed by atoms with E-state index in [1.807, 2.05) is 13.8 Å². The van der Waals surface area contributed by atoms with Crippen molar-refractivity contribution in [3.8, 4) is 11.1 Å². The predicted molar refractivity (Wildman–Crippen MR) is 157 cm³/mol. The summed E-state index contributed by atoms with van der Waals surface area (Å²) in [4.78, 5) is 32.8. The average molecular weight is 608 g/mol. The van der Waals surface area contributed by atoms with Crippen LogP contribution in [-0.4, -0.2) is 40.3 Å². The molecule has 10 heteroatoms. The van der Waals surface area contributed by atoms with Gasteiger partial charge >= 0.3 is 6.18 Å². The number of nitrogens with one attached hydrogen (secondary N) is 1. The number of alkyl halides is 3. The third-order valence-electron chi connectivity index (χ3n) is 7.42. The Morgan fingerprint density at radius 3 is 2.37 bits per heavy atom. The van der Waals surface area contributed by atoms with E-state index in [2.05, 4.69) is 21.8 Å². The van der Waals surface area contributed by atoms with Crippen LogP contribution in [0.4, 0.5) is 17.6 Å². The fourth-order valence-corrected chi connectivity index (χ4v) is 6.20. The lowest BCUT2D eigenvalue weighted by Gasteiger charge is -2.31. The maximum Gasteiger partial charge on any atom is 0.416 e. The highest BCUT2D eigenvalue weighted by atomic mass is 32.1. The van der Waals surface area contributed by atoms with E-state index >= 15 is 0 Å². The first kappa shape index (κ1) is 30.2. The molecule has 0 radical (unpaired) electrons. The second kappa shape index (κ2) is 12.2. The van der Waals surface area contributed by atoms with E-state index in [4.69, 9.17) is 0 Å². The van der Waals surface area contributed by atoms with Crippen LogP contribution in [0.25, 0.3) is 11.1 Å². The third kappa shape index (κ3) is 7.23. The molecule has 222 valence electrons. The van der Waals surface area contributed by atoms with E-state index in [1.165, 1.54) is 29.5 Å². The van der Waals surface area contributed by atoms with E-state index in [9.17, 15) is 27.2 Å². The van der Waals surface area contributed by atoms with Gasteiger partial charge in [0.05, 0.1) is 10.6 Å². The number of halogens is 4. The quantitative estimate of drug-likeness (QED) is 0.220.